The van der Waals surface area contributed by atoms with E-state index in [9.17, 15) is 9.18 Å². The summed E-state index contributed by atoms with van der Waals surface area (Å²) < 4.78 is 22.2. The number of hydrogen-bond acceptors (Lipinski definition) is 5. The van der Waals surface area contributed by atoms with E-state index in [0.717, 1.165) is 0 Å². The Morgan fingerprint density at radius 2 is 1.87 bits per heavy atom. The van der Waals surface area contributed by atoms with Crippen LogP contribution < -0.4 is 10.1 Å². The van der Waals surface area contributed by atoms with Gasteiger partial charge in [-0.2, -0.15) is 5.10 Å². The molecule has 0 atom stereocenters. The van der Waals surface area contributed by atoms with E-state index < -0.39 is 5.91 Å². The zero-order valence-electron chi connectivity index (χ0n) is 15.6. The lowest BCUT2D eigenvalue weighted by atomic mass is 10.2. The molecule has 0 saturated heterocycles. The molecule has 0 saturated carbocycles. The third kappa shape index (κ3) is 4.64. The lowest BCUT2D eigenvalue weighted by molar-refractivity contribution is 0.101. The second kappa shape index (κ2) is 8.75. The van der Waals surface area contributed by atoms with Gasteiger partial charge in [0.1, 0.15) is 17.9 Å². The molecule has 4 aromatic rings. The lowest BCUT2D eigenvalue weighted by Gasteiger charge is -2.07. The maximum absolute atomic E-state index is 13.7. The quantitative estimate of drug-likeness (QED) is 0.488. The molecule has 0 aliphatic carbocycles. The van der Waals surface area contributed by atoms with Crippen molar-refractivity contribution in [2.24, 2.45) is 0 Å². The number of nitrogens with zero attached hydrogens (tertiary/aromatic N) is 5. The highest BCUT2D eigenvalue weighted by Crippen LogP contribution is 2.23. The summed E-state index contributed by atoms with van der Waals surface area (Å²) in [5.41, 5.74) is 0.640. The molecule has 0 aliphatic heterocycles. The molecule has 1 amide bonds. The van der Waals surface area contributed by atoms with Gasteiger partial charge in [-0.15, -0.1) is 5.10 Å². The predicted octanol–water partition coefficient (Wildman–Crippen LogP) is 3.60. The first-order valence-electron chi connectivity index (χ1n) is 8.93. The van der Waals surface area contributed by atoms with Crippen molar-refractivity contribution in [1.82, 2.24) is 24.5 Å². The summed E-state index contributed by atoms with van der Waals surface area (Å²) in [6.07, 6.45) is 3.02. The molecule has 0 fully saturated rings. The van der Waals surface area contributed by atoms with Gasteiger partial charge in [0.2, 0.25) is 5.95 Å². The smallest absolute Gasteiger partial charge is 0.278 e. The van der Waals surface area contributed by atoms with Crippen LogP contribution in [0, 0.1) is 5.82 Å². The molecule has 1 N–H and O–H groups in total. The van der Waals surface area contributed by atoms with Gasteiger partial charge in [-0.05, 0) is 24.3 Å². The van der Waals surface area contributed by atoms with Crippen molar-refractivity contribution >= 4 is 23.5 Å². The van der Waals surface area contributed by atoms with Gasteiger partial charge in [0.05, 0.1) is 11.6 Å². The van der Waals surface area contributed by atoms with Crippen molar-refractivity contribution in [2.45, 2.75) is 13.3 Å². The molecule has 0 radical (unpaired) electrons. The van der Waals surface area contributed by atoms with E-state index in [1.807, 2.05) is 6.07 Å². The maximum Gasteiger partial charge on any atom is 0.278 e. The molecule has 0 bridgehead atoms. The fourth-order valence-electron chi connectivity index (χ4n) is 2.65. The summed E-state index contributed by atoms with van der Waals surface area (Å²) in [5, 5.41) is 11.3. The molecule has 152 valence electrons. The number of carbonyl (C=O) groups excluding carboxylic acids is 1. The number of hydrogen-bond donors (Lipinski definition) is 1. The minimum absolute atomic E-state index is 0.0898. The summed E-state index contributed by atoms with van der Waals surface area (Å²) in [5.74, 6) is -0.193. The minimum atomic E-state index is -0.477. The number of benzene rings is 2. The lowest BCUT2D eigenvalue weighted by Crippen LogP contribution is -2.15. The summed E-state index contributed by atoms with van der Waals surface area (Å²) in [7, 11) is 0. The topological polar surface area (TPSA) is 86.9 Å². The predicted molar refractivity (Wildman–Crippen MR) is 108 cm³/mol. The summed E-state index contributed by atoms with van der Waals surface area (Å²) in [6, 6.07) is 15.0. The molecule has 30 heavy (non-hydrogen) atoms. The standard InChI is InChI=1S/C20H16ClFN6O2/c21-15-6-2-4-8-18(15)30-13-27-10-9-17(25-27)19(29)24-20-23-12-28(26-20)11-14-5-1-3-7-16(14)22/h1-10,12H,11,13H2,(H,24,26,29). The molecule has 0 spiro atoms. The molecule has 10 heteroatoms. The minimum Gasteiger partial charge on any atom is -0.470 e. The van der Waals surface area contributed by atoms with Crippen molar-refractivity contribution in [3.05, 3.63) is 89.2 Å². The van der Waals surface area contributed by atoms with Crippen LogP contribution in [0.2, 0.25) is 5.02 Å². The average molecular weight is 427 g/mol. The number of anilines is 1. The van der Waals surface area contributed by atoms with E-state index in [2.05, 4.69) is 20.5 Å². The highest BCUT2D eigenvalue weighted by Gasteiger charge is 2.13. The van der Waals surface area contributed by atoms with Crippen molar-refractivity contribution in [3.63, 3.8) is 0 Å². The monoisotopic (exact) mass is 426 g/mol. The first kappa shape index (κ1) is 19.6. The zero-order chi connectivity index (χ0) is 20.9. The van der Waals surface area contributed by atoms with Crippen molar-refractivity contribution in [3.8, 4) is 5.75 Å². The Kier molecular flexibility index (Phi) is 5.71. The van der Waals surface area contributed by atoms with Gasteiger partial charge in [-0.1, -0.05) is 41.9 Å². The van der Waals surface area contributed by atoms with Crippen LogP contribution in [0.25, 0.3) is 0 Å². The van der Waals surface area contributed by atoms with E-state index in [1.165, 1.54) is 21.8 Å². The van der Waals surface area contributed by atoms with Crippen molar-refractivity contribution in [1.29, 1.82) is 0 Å². The number of nitrogens with one attached hydrogen (secondary N) is 1. The zero-order valence-corrected chi connectivity index (χ0v) is 16.3. The van der Waals surface area contributed by atoms with Crippen molar-refractivity contribution in [2.75, 3.05) is 5.32 Å². The molecule has 8 nitrogen and oxygen atoms in total. The van der Waals surface area contributed by atoms with E-state index in [0.29, 0.717) is 16.3 Å². The Hall–Kier alpha value is -3.72. The summed E-state index contributed by atoms with van der Waals surface area (Å²) in [4.78, 5) is 16.4. The van der Waals surface area contributed by atoms with Gasteiger partial charge in [-0.25, -0.2) is 18.7 Å². The second-order valence-corrected chi connectivity index (χ2v) is 6.66. The van der Waals surface area contributed by atoms with Crippen LogP contribution >= 0.6 is 11.6 Å². The van der Waals surface area contributed by atoms with Crippen LogP contribution in [0.5, 0.6) is 5.75 Å². The Bertz CT molecular complexity index is 1180. The number of para-hydroxylation sites is 1. The summed E-state index contributed by atoms with van der Waals surface area (Å²) >= 11 is 6.04. The number of amides is 1. The van der Waals surface area contributed by atoms with Gasteiger partial charge in [0.25, 0.3) is 5.91 Å². The first-order chi connectivity index (χ1) is 14.6. The van der Waals surface area contributed by atoms with Crippen LogP contribution in [0.15, 0.2) is 67.1 Å². The van der Waals surface area contributed by atoms with Crippen LogP contribution in [-0.2, 0) is 13.3 Å². The summed E-state index contributed by atoms with van der Waals surface area (Å²) in [6.45, 7) is 0.288. The number of ether oxygens (including phenoxy) is 1. The number of aromatic nitrogens is 5. The third-order valence-electron chi connectivity index (χ3n) is 4.11. The molecule has 2 aromatic heterocycles. The fraction of sp³-hybridized carbons (Fsp3) is 0.100. The molecular weight excluding hydrogens is 411 g/mol. The Morgan fingerprint density at radius 1 is 1.07 bits per heavy atom. The SMILES string of the molecule is O=C(Nc1ncn(Cc2ccccc2F)n1)c1ccn(COc2ccccc2Cl)n1. The first-order valence-corrected chi connectivity index (χ1v) is 9.31. The normalized spacial score (nSPS) is 10.7. The van der Waals surface area contributed by atoms with Crippen molar-refractivity contribution < 1.29 is 13.9 Å². The molecular formula is C20H16ClFN6O2. The number of carbonyl (C=O) groups is 1. The number of halogens is 2. The molecule has 0 unspecified atom stereocenters. The van der Waals surface area contributed by atoms with E-state index in [1.54, 1.807) is 48.7 Å². The fourth-order valence-corrected chi connectivity index (χ4v) is 2.84. The molecule has 4 rings (SSSR count). The Balaban J connectivity index is 1.35. The highest BCUT2D eigenvalue weighted by molar-refractivity contribution is 6.32. The van der Waals surface area contributed by atoms with E-state index >= 15 is 0 Å². The van der Waals surface area contributed by atoms with Gasteiger partial charge >= 0.3 is 0 Å². The average Bonchev–Trinajstić information content (AvgIpc) is 3.39. The van der Waals surface area contributed by atoms with Crippen LogP contribution in [0.4, 0.5) is 10.3 Å². The molecule has 2 heterocycles. The van der Waals surface area contributed by atoms with Gasteiger partial charge < -0.3 is 4.74 Å². The van der Waals surface area contributed by atoms with Crippen LogP contribution in [0.1, 0.15) is 16.1 Å². The van der Waals surface area contributed by atoms with E-state index in [-0.39, 0.29) is 30.7 Å². The van der Waals surface area contributed by atoms with Gasteiger partial charge in [-0.3, -0.25) is 10.1 Å². The van der Waals surface area contributed by atoms with Gasteiger partial charge in [0, 0.05) is 11.8 Å². The Morgan fingerprint density at radius 3 is 2.70 bits per heavy atom. The largest absolute Gasteiger partial charge is 0.470 e. The second-order valence-electron chi connectivity index (χ2n) is 6.26. The highest BCUT2D eigenvalue weighted by atomic mass is 35.5. The molecule has 0 aliphatic rings. The molecule has 2 aromatic carbocycles. The maximum atomic E-state index is 13.7. The van der Waals surface area contributed by atoms with Gasteiger partial charge in [0.15, 0.2) is 12.4 Å². The Labute approximate surface area is 175 Å². The van der Waals surface area contributed by atoms with Crippen LogP contribution in [-0.4, -0.2) is 30.5 Å². The van der Waals surface area contributed by atoms with E-state index in [4.69, 9.17) is 16.3 Å². The third-order valence-corrected chi connectivity index (χ3v) is 4.43. The number of rotatable bonds is 7. The van der Waals surface area contributed by atoms with Crippen LogP contribution in [0.3, 0.4) is 0 Å².